The van der Waals surface area contributed by atoms with Crippen LogP contribution in [0.2, 0.25) is 0 Å². The van der Waals surface area contributed by atoms with Gasteiger partial charge in [0, 0.05) is 12.1 Å². The van der Waals surface area contributed by atoms with Crippen LogP contribution in [-0.4, -0.2) is 18.0 Å². The number of anilines is 1. The maximum absolute atomic E-state index is 12.8. The third-order valence-corrected chi connectivity index (χ3v) is 5.07. The lowest BCUT2D eigenvalue weighted by Gasteiger charge is -2.39. The van der Waals surface area contributed by atoms with E-state index in [2.05, 4.69) is 0 Å². The largest absolute Gasteiger partial charge is 0.466 e. The number of esters is 1. The molecule has 0 unspecified atom stereocenters. The number of benzene rings is 3. The van der Waals surface area contributed by atoms with E-state index in [0.717, 1.165) is 11.3 Å². The molecule has 7 heteroatoms. The van der Waals surface area contributed by atoms with Crippen LogP contribution in [-0.2, 0) is 14.4 Å². The predicted molar refractivity (Wildman–Crippen MR) is 115 cm³/mol. The van der Waals surface area contributed by atoms with Gasteiger partial charge in [-0.2, -0.15) is 0 Å². The van der Waals surface area contributed by atoms with Crippen LogP contribution in [0.1, 0.15) is 23.3 Å². The molecule has 0 aromatic heterocycles. The third-order valence-electron chi connectivity index (χ3n) is 5.07. The van der Waals surface area contributed by atoms with Crippen molar-refractivity contribution in [2.24, 2.45) is 0 Å². The van der Waals surface area contributed by atoms with Crippen LogP contribution >= 0.6 is 0 Å². The zero-order valence-corrected chi connectivity index (χ0v) is 16.8. The summed E-state index contributed by atoms with van der Waals surface area (Å²) in [7, 11) is 1.33. The molecule has 3 aromatic rings. The molecule has 0 saturated heterocycles. The SMILES string of the molecule is COC(=O)C1=C[C@H](c2ccccc2)ON(c2ccccc2)[C@@H]1c1ccc([N+](=O)[O-])cc1. The fraction of sp³-hybridized carbons (Fsp3) is 0.125. The molecule has 0 N–H and O–H groups in total. The number of para-hydroxylation sites is 1. The first kappa shape index (κ1) is 20.3. The van der Waals surface area contributed by atoms with Crippen LogP contribution in [0.4, 0.5) is 11.4 Å². The Labute approximate surface area is 179 Å². The van der Waals surface area contributed by atoms with Gasteiger partial charge in [0.2, 0.25) is 0 Å². The second kappa shape index (κ2) is 8.81. The number of non-ortho nitro benzene ring substituents is 1. The maximum Gasteiger partial charge on any atom is 0.336 e. The quantitative estimate of drug-likeness (QED) is 0.333. The van der Waals surface area contributed by atoms with Crippen molar-refractivity contribution in [1.82, 2.24) is 0 Å². The number of nitro groups is 1. The Balaban J connectivity index is 1.86. The van der Waals surface area contributed by atoms with Crippen molar-refractivity contribution in [2.45, 2.75) is 12.1 Å². The first-order valence-corrected chi connectivity index (χ1v) is 9.69. The molecular weight excluding hydrogens is 396 g/mol. The summed E-state index contributed by atoms with van der Waals surface area (Å²) in [6.07, 6.45) is 1.23. The molecule has 0 aliphatic carbocycles. The summed E-state index contributed by atoms with van der Waals surface area (Å²) in [5.74, 6) is -0.492. The Morgan fingerprint density at radius 1 is 0.935 bits per heavy atom. The van der Waals surface area contributed by atoms with Crippen LogP contribution in [0, 0.1) is 10.1 Å². The van der Waals surface area contributed by atoms with Crippen molar-refractivity contribution in [2.75, 3.05) is 12.2 Å². The third kappa shape index (κ3) is 4.17. The number of hydrogen-bond acceptors (Lipinski definition) is 6. The Morgan fingerprint density at radius 2 is 1.55 bits per heavy atom. The zero-order valence-electron chi connectivity index (χ0n) is 16.8. The number of rotatable bonds is 5. The Kier molecular flexibility index (Phi) is 5.77. The predicted octanol–water partition coefficient (Wildman–Crippen LogP) is 4.93. The number of methoxy groups -OCH3 is 1. The maximum atomic E-state index is 12.8. The molecule has 0 spiro atoms. The highest BCUT2D eigenvalue weighted by Crippen LogP contribution is 2.42. The highest BCUT2D eigenvalue weighted by atomic mass is 16.7. The van der Waals surface area contributed by atoms with Gasteiger partial charge in [-0.25, -0.2) is 9.86 Å². The molecule has 1 heterocycles. The summed E-state index contributed by atoms with van der Waals surface area (Å²) in [6, 6.07) is 24.4. The molecule has 0 saturated carbocycles. The van der Waals surface area contributed by atoms with Crippen molar-refractivity contribution in [3.05, 3.63) is 118 Å². The molecule has 31 heavy (non-hydrogen) atoms. The van der Waals surface area contributed by atoms with Crippen LogP contribution in [0.15, 0.2) is 96.6 Å². The van der Waals surface area contributed by atoms with Gasteiger partial charge >= 0.3 is 5.97 Å². The van der Waals surface area contributed by atoms with E-state index in [1.54, 1.807) is 23.3 Å². The number of hydroxylamine groups is 1. The van der Waals surface area contributed by atoms with Crippen molar-refractivity contribution in [3.63, 3.8) is 0 Å². The van der Waals surface area contributed by atoms with Crippen molar-refractivity contribution >= 4 is 17.3 Å². The first-order valence-electron chi connectivity index (χ1n) is 9.69. The smallest absolute Gasteiger partial charge is 0.336 e. The number of ether oxygens (including phenoxy) is 1. The molecule has 1 aliphatic rings. The number of nitrogens with zero attached hydrogens (tertiary/aromatic N) is 2. The van der Waals surface area contributed by atoms with Crippen molar-refractivity contribution in [1.29, 1.82) is 0 Å². The lowest BCUT2D eigenvalue weighted by atomic mass is 9.93. The molecule has 0 amide bonds. The van der Waals surface area contributed by atoms with Gasteiger partial charge in [0.1, 0.15) is 12.1 Å². The summed E-state index contributed by atoms with van der Waals surface area (Å²) in [6.45, 7) is 0. The number of hydrogen-bond donors (Lipinski definition) is 0. The second-order valence-corrected chi connectivity index (χ2v) is 6.96. The number of carbonyl (C=O) groups is 1. The van der Waals surface area contributed by atoms with E-state index in [4.69, 9.17) is 9.57 Å². The molecule has 156 valence electrons. The minimum atomic E-state index is -0.643. The van der Waals surface area contributed by atoms with Crippen LogP contribution < -0.4 is 5.06 Å². The zero-order chi connectivity index (χ0) is 21.8. The average Bonchev–Trinajstić information content (AvgIpc) is 2.84. The Bertz CT molecular complexity index is 1100. The van der Waals surface area contributed by atoms with E-state index in [-0.39, 0.29) is 5.69 Å². The number of nitro benzene ring substituents is 1. The van der Waals surface area contributed by atoms with Gasteiger partial charge in [-0.05, 0) is 41.5 Å². The summed E-state index contributed by atoms with van der Waals surface area (Å²) in [5.41, 5.74) is 2.64. The van der Waals surface area contributed by atoms with Gasteiger partial charge in [0.15, 0.2) is 0 Å². The first-order chi connectivity index (χ1) is 15.1. The minimum absolute atomic E-state index is 0.0301. The molecule has 0 bridgehead atoms. The summed E-state index contributed by atoms with van der Waals surface area (Å²) >= 11 is 0. The topological polar surface area (TPSA) is 81.9 Å². The standard InChI is InChI=1S/C24H20N2O5/c1-30-24(27)21-16-22(17-8-4-2-5-9-17)31-25(19-10-6-3-7-11-19)23(21)18-12-14-20(15-13-18)26(28)29/h2-16,22-23H,1H3/t22-,23-/m1/s1. The normalized spacial score (nSPS) is 18.2. The van der Waals surface area contributed by atoms with Crippen LogP contribution in [0.3, 0.4) is 0 Å². The summed E-state index contributed by atoms with van der Waals surface area (Å²) < 4.78 is 5.07. The van der Waals surface area contributed by atoms with E-state index in [1.807, 2.05) is 60.7 Å². The summed E-state index contributed by atoms with van der Waals surface area (Å²) in [5, 5.41) is 12.7. The van der Waals surface area contributed by atoms with Gasteiger partial charge in [0.25, 0.3) is 5.69 Å². The molecule has 3 aromatic carbocycles. The minimum Gasteiger partial charge on any atom is -0.466 e. The van der Waals surface area contributed by atoms with Crippen LogP contribution in [0.5, 0.6) is 0 Å². The van der Waals surface area contributed by atoms with E-state index in [0.29, 0.717) is 11.1 Å². The Morgan fingerprint density at radius 3 is 2.13 bits per heavy atom. The number of carbonyl (C=O) groups excluding carboxylic acids is 1. The van der Waals surface area contributed by atoms with Crippen molar-refractivity contribution in [3.8, 4) is 0 Å². The lowest BCUT2D eigenvalue weighted by Crippen LogP contribution is -2.37. The Hall–Kier alpha value is -3.97. The highest BCUT2D eigenvalue weighted by molar-refractivity contribution is 5.91. The fourth-order valence-electron chi connectivity index (χ4n) is 3.57. The van der Waals surface area contributed by atoms with E-state index in [1.165, 1.54) is 19.2 Å². The summed E-state index contributed by atoms with van der Waals surface area (Å²) in [4.78, 5) is 29.8. The van der Waals surface area contributed by atoms with Gasteiger partial charge < -0.3 is 4.74 Å². The molecule has 2 atom stereocenters. The van der Waals surface area contributed by atoms with E-state index in [9.17, 15) is 14.9 Å². The second-order valence-electron chi connectivity index (χ2n) is 6.96. The van der Waals surface area contributed by atoms with Gasteiger partial charge in [-0.15, -0.1) is 0 Å². The molecular formula is C24H20N2O5. The van der Waals surface area contributed by atoms with E-state index < -0.39 is 23.0 Å². The van der Waals surface area contributed by atoms with Crippen LogP contribution in [0.25, 0.3) is 0 Å². The van der Waals surface area contributed by atoms with Gasteiger partial charge in [0.05, 0.1) is 23.3 Å². The fourth-order valence-corrected chi connectivity index (χ4v) is 3.57. The van der Waals surface area contributed by atoms with E-state index >= 15 is 0 Å². The highest BCUT2D eigenvalue weighted by Gasteiger charge is 2.37. The average molecular weight is 416 g/mol. The van der Waals surface area contributed by atoms with Crippen molar-refractivity contribution < 1.29 is 19.3 Å². The molecule has 0 radical (unpaired) electrons. The molecule has 1 aliphatic heterocycles. The molecule has 4 rings (SSSR count). The monoisotopic (exact) mass is 416 g/mol. The molecule has 0 fully saturated rings. The molecule has 7 nitrogen and oxygen atoms in total. The van der Waals surface area contributed by atoms with Gasteiger partial charge in [-0.3, -0.25) is 15.0 Å². The lowest BCUT2D eigenvalue weighted by molar-refractivity contribution is -0.384. The van der Waals surface area contributed by atoms with Gasteiger partial charge in [-0.1, -0.05) is 48.5 Å².